The topological polar surface area (TPSA) is 48.0 Å². The fourth-order valence-corrected chi connectivity index (χ4v) is 3.16. The van der Waals surface area contributed by atoms with Gasteiger partial charge in [0.15, 0.2) is 0 Å². The van der Waals surface area contributed by atoms with Gasteiger partial charge in [-0.1, -0.05) is 28.1 Å². The van der Waals surface area contributed by atoms with E-state index in [9.17, 15) is 4.79 Å². The maximum absolute atomic E-state index is 12.0. The molecule has 0 atom stereocenters. The second kappa shape index (κ2) is 10.3. The molecule has 0 bridgehead atoms. The van der Waals surface area contributed by atoms with Gasteiger partial charge in [0.1, 0.15) is 5.60 Å². The van der Waals surface area contributed by atoms with Crippen LogP contribution in [0.3, 0.4) is 0 Å². The van der Waals surface area contributed by atoms with Gasteiger partial charge in [0.05, 0.1) is 26.4 Å². The van der Waals surface area contributed by atoms with Crippen LogP contribution in [0.4, 0.5) is 4.79 Å². The number of halogens is 1. The second-order valence-electron chi connectivity index (χ2n) is 7.52. The van der Waals surface area contributed by atoms with Gasteiger partial charge >= 0.3 is 6.09 Å². The number of likely N-dealkylation sites (tertiary alicyclic amines) is 1. The molecule has 5 nitrogen and oxygen atoms in total. The maximum atomic E-state index is 12.0. The molecule has 2 saturated heterocycles. The summed E-state index contributed by atoms with van der Waals surface area (Å²) in [5, 5.41) is 0. The van der Waals surface area contributed by atoms with Crippen LogP contribution in [0.5, 0.6) is 0 Å². The van der Waals surface area contributed by atoms with E-state index in [0.717, 1.165) is 56.8 Å². The van der Waals surface area contributed by atoms with Crippen molar-refractivity contribution in [2.75, 3.05) is 39.5 Å². The van der Waals surface area contributed by atoms with Crippen molar-refractivity contribution in [1.82, 2.24) is 4.90 Å². The summed E-state index contributed by atoms with van der Waals surface area (Å²) in [4.78, 5) is 13.8. The predicted octanol–water partition coefficient (Wildman–Crippen LogP) is 4.60. The largest absolute Gasteiger partial charge is 0.444 e. The van der Waals surface area contributed by atoms with E-state index in [-0.39, 0.29) is 6.09 Å². The zero-order valence-corrected chi connectivity index (χ0v) is 17.6. The van der Waals surface area contributed by atoms with Crippen molar-refractivity contribution in [2.45, 2.75) is 45.1 Å². The molecule has 0 unspecified atom stereocenters. The molecule has 6 heteroatoms. The molecule has 0 saturated carbocycles. The Bertz CT molecular complexity index is 532. The normalized spacial score (nSPS) is 18.7. The van der Waals surface area contributed by atoms with Gasteiger partial charge in [0.2, 0.25) is 0 Å². The molecule has 1 aromatic carbocycles. The predicted molar refractivity (Wildman–Crippen MR) is 106 cm³/mol. The molecule has 0 aliphatic carbocycles. The Morgan fingerprint density at radius 3 is 1.96 bits per heavy atom. The van der Waals surface area contributed by atoms with Crippen LogP contribution in [0.1, 0.15) is 45.1 Å². The number of rotatable bonds is 1. The number of nitrogens with zero attached hydrogens (tertiary/aromatic N) is 1. The van der Waals surface area contributed by atoms with Gasteiger partial charge < -0.3 is 19.1 Å². The zero-order chi connectivity index (χ0) is 19.0. The number of piperidine rings is 1. The van der Waals surface area contributed by atoms with Crippen LogP contribution in [0, 0.1) is 0 Å². The van der Waals surface area contributed by atoms with Crippen LogP contribution >= 0.6 is 15.9 Å². The Labute approximate surface area is 165 Å². The lowest BCUT2D eigenvalue weighted by atomic mass is 9.90. The summed E-state index contributed by atoms with van der Waals surface area (Å²) in [7, 11) is 0. The van der Waals surface area contributed by atoms with Crippen LogP contribution in [0.15, 0.2) is 28.7 Å². The summed E-state index contributed by atoms with van der Waals surface area (Å²) in [5.74, 6) is 0.543. The van der Waals surface area contributed by atoms with Crippen molar-refractivity contribution in [3.63, 3.8) is 0 Å². The first-order chi connectivity index (χ1) is 12.3. The quantitative estimate of drug-likeness (QED) is 0.656. The molecular formula is C20H30BrNO4. The van der Waals surface area contributed by atoms with Gasteiger partial charge in [-0.15, -0.1) is 0 Å². The lowest BCUT2D eigenvalue weighted by molar-refractivity contribution is -0.0334. The summed E-state index contributed by atoms with van der Waals surface area (Å²) in [5.41, 5.74) is 0.941. The van der Waals surface area contributed by atoms with E-state index in [1.165, 1.54) is 5.56 Å². The highest BCUT2D eigenvalue weighted by atomic mass is 79.9. The summed E-state index contributed by atoms with van der Waals surface area (Å²) in [6.45, 7) is 10.4. The molecule has 146 valence electrons. The molecule has 0 aromatic heterocycles. The summed E-state index contributed by atoms with van der Waals surface area (Å²) in [6, 6.07) is 8.49. The number of hydrogen-bond donors (Lipinski definition) is 0. The van der Waals surface area contributed by atoms with Crippen LogP contribution in [0.2, 0.25) is 0 Å². The van der Waals surface area contributed by atoms with Gasteiger partial charge in [-0.05, 0) is 57.2 Å². The number of amides is 1. The summed E-state index contributed by atoms with van der Waals surface area (Å²) < 4.78 is 16.4. The van der Waals surface area contributed by atoms with E-state index in [1.807, 2.05) is 25.7 Å². The second-order valence-corrected chi connectivity index (χ2v) is 8.43. The van der Waals surface area contributed by atoms with E-state index < -0.39 is 5.60 Å². The van der Waals surface area contributed by atoms with E-state index >= 15 is 0 Å². The highest BCUT2D eigenvalue weighted by Gasteiger charge is 2.27. The summed E-state index contributed by atoms with van der Waals surface area (Å²) in [6.07, 6.45) is 1.81. The Morgan fingerprint density at radius 2 is 1.54 bits per heavy atom. The van der Waals surface area contributed by atoms with Gasteiger partial charge in [-0.2, -0.15) is 0 Å². The highest BCUT2D eigenvalue weighted by Crippen LogP contribution is 2.29. The fraction of sp³-hybridized carbons (Fsp3) is 0.650. The van der Waals surface area contributed by atoms with Crippen molar-refractivity contribution in [1.29, 1.82) is 0 Å². The molecule has 3 rings (SSSR count). The lowest BCUT2D eigenvalue weighted by Gasteiger charge is -2.33. The van der Waals surface area contributed by atoms with Crippen LogP contribution in [-0.4, -0.2) is 56.1 Å². The molecule has 2 aliphatic rings. The van der Waals surface area contributed by atoms with Gasteiger partial charge in [-0.25, -0.2) is 4.79 Å². The third-order valence-electron chi connectivity index (χ3n) is 4.23. The van der Waals surface area contributed by atoms with Crippen molar-refractivity contribution < 1.29 is 19.0 Å². The minimum Gasteiger partial charge on any atom is -0.444 e. The Morgan fingerprint density at radius 1 is 1.04 bits per heavy atom. The van der Waals surface area contributed by atoms with Crippen LogP contribution in [-0.2, 0) is 14.2 Å². The van der Waals surface area contributed by atoms with Crippen LogP contribution in [0.25, 0.3) is 0 Å². The Kier molecular flexibility index (Phi) is 8.38. The van der Waals surface area contributed by atoms with Gasteiger partial charge in [0.25, 0.3) is 0 Å². The third kappa shape index (κ3) is 7.64. The number of carbonyl (C=O) groups excluding carboxylic acids is 1. The molecule has 0 N–H and O–H groups in total. The first-order valence-electron chi connectivity index (χ1n) is 9.24. The smallest absolute Gasteiger partial charge is 0.410 e. The van der Waals surface area contributed by atoms with Crippen molar-refractivity contribution in [2.24, 2.45) is 0 Å². The fourth-order valence-electron chi connectivity index (χ4n) is 2.90. The Balaban J connectivity index is 0.000000342. The van der Waals surface area contributed by atoms with E-state index in [0.29, 0.717) is 5.92 Å². The molecule has 1 aromatic rings. The third-order valence-corrected chi connectivity index (χ3v) is 4.76. The molecular weight excluding hydrogens is 398 g/mol. The SMILES string of the molecule is C1COCCO1.CC(C)(C)OC(=O)N1CCC(c2ccc(Br)cc2)CC1. The first-order valence-corrected chi connectivity index (χ1v) is 10.0. The molecule has 2 heterocycles. The number of hydrogen-bond acceptors (Lipinski definition) is 4. The van der Waals surface area contributed by atoms with Gasteiger partial charge in [-0.3, -0.25) is 0 Å². The molecule has 0 radical (unpaired) electrons. The standard InChI is InChI=1S/C16H22BrNO2.C4H8O2/c1-16(2,3)20-15(19)18-10-8-13(9-11-18)12-4-6-14(17)7-5-12;1-2-6-4-3-5-1/h4-7,13H,8-11H2,1-3H3;1-4H2. The lowest BCUT2D eigenvalue weighted by Crippen LogP contribution is -2.41. The molecule has 2 fully saturated rings. The molecule has 0 spiro atoms. The Hall–Kier alpha value is -1.11. The minimum absolute atomic E-state index is 0.188. The van der Waals surface area contributed by atoms with E-state index in [1.54, 1.807) is 0 Å². The first kappa shape index (κ1) is 21.2. The average molecular weight is 428 g/mol. The number of carbonyl (C=O) groups is 1. The van der Waals surface area contributed by atoms with Crippen molar-refractivity contribution >= 4 is 22.0 Å². The zero-order valence-electron chi connectivity index (χ0n) is 16.0. The monoisotopic (exact) mass is 427 g/mol. The van der Waals surface area contributed by atoms with E-state index in [2.05, 4.69) is 40.2 Å². The van der Waals surface area contributed by atoms with Crippen molar-refractivity contribution in [3.8, 4) is 0 Å². The maximum Gasteiger partial charge on any atom is 0.410 e. The van der Waals surface area contributed by atoms with E-state index in [4.69, 9.17) is 14.2 Å². The highest BCUT2D eigenvalue weighted by molar-refractivity contribution is 9.10. The molecule has 2 aliphatic heterocycles. The minimum atomic E-state index is -0.417. The molecule has 1 amide bonds. The van der Waals surface area contributed by atoms with Gasteiger partial charge in [0, 0.05) is 17.6 Å². The van der Waals surface area contributed by atoms with Crippen LogP contribution < -0.4 is 0 Å². The molecule has 26 heavy (non-hydrogen) atoms. The number of benzene rings is 1. The average Bonchev–Trinajstić information content (AvgIpc) is 2.63. The number of ether oxygens (including phenoxy) is 3. The van der Waals surface area contributed by atoms with Crippen molar-refractivity contribution in [3.05, 3.63) is 34.3 Å². The summed E-state index contributed by atoms with van der Waals surface area (Å²) >= 11 is 3.46.